The average Bonchev–Trinajstić information content (AvgIpc) is 2.68. The van der Waals surface area contributed by atoms with Crippen LogP contribution in [0.5, 0.6) is 0 Å². The van der Waals surface area contributed by atoms with Crippen molar-refractivity contribution in [2.75, 3.05) is 26.2 Å². The molecule has 16 heavy (non-hydrogen) atoms. The first-order chi connectivity index (χ1) is 7.95. The maximum atomic E-state index is 4.01. The summed E-state index contributed by atoms with van der Waals surface area (Å²) in [6, 6.07) is 0. The van der Waals surface area contributed by atoms with Gasteiger partial charge in [0.25, 0.3) is 0 Å². The molecule has 0 saturated carbocycles. The summed E-state index contributed by atoms with van der Waals surface area (Å²) < 4.78 is 3.84. The van der Waals surface area contributed by atoms with E-state index in [1.807, 2.05) is 5.38 Å². The molecule has 0 unspecified atom stereocenters. The van der Waals surface area contributed by atoms with Crippen molar-refractivity contribution in [3.8, 4) is 0 Å². The lowest BCUT2D eigenvalue weighted by molar-refractivity contribution is 0.284. The molecule has 1 aromatic rings. The predicted octanol–water partition coefficient (Wildman–Crippen LogP) is 1.50. The molecule has 1 aromatic heterocycles. The van der Waals surface area contributed by atoms with Crippen LogP contribution in [0.1, 0.15) is 31.4 Å². The molecule has 1 N–H and O–H groups in total. The van der Waals surface area contributed by atoms with Gasteiger partial charge >= 0.3 is 0 Å². The molecule has 0 aromatic carbocycles. The molecule has 0 aliphatic carbocycles. The summed E-state index contributed by atoms with van der Waals surface area (Å²) in [6.07, 6.45) is 5.56. The number of nitrogens with zero attached hydrogens (tertiary/aromatic N) is 3. The maximum absolute atomic E-state index is 4.01. The van der Waals surface area contributed by atoms with E-state index in [0.29, 0.717) is 0 Å². The van der Waals surface area contributed by atoms with Gasteiger partial charge in [-0.2, -0.15) is 0 Å². The minimum atomic E-state index is 0.852. The van der Waals surface area contributed by atoms with Crippen LogP contribution in [-0.2, 0) is 6.54 Å². The van der Waals surface area contributed by atoms with Crippen LogP contribution in [0.4, 0.5) is 0 Å². The smallest absolute Gasteiger partial charge is 0.0893 e. The zero-order chi connectivity index (χ0) is 11.1. The van der Waals surface area contributed by atoms with E-state index in [-0.39, 0.29) is 0 Å². The molecule has 1 aliphatic rings. The van der Waals surface area contributed by atoms with Crippen LogP contribution in [0.2, 0.25) is 0 Å². The molecule has 1 fully saturated rings. The third-order valence-corrected chi connectivity index (χ3v) is 3.57. The minimum Gasteiger partial charge on any atom is -0.310 e. The summed E-state index contributed by atoms with van der Waals surface area (Å²) in [5.41, 5.74) is 1.06. The molecule has 0 amide bonds. The van der Waals surface area contributed by atoms with Crippen LogP contribution in [0.15, 0.2) is 5.38 Å². The van der Waals surface area contributed by atoms with E-state index in [2.05, 4.69) is 19.8 Å². The van der Waals surface area contributed by atoms with Gasteiger partial charge in [0.15, 0.2) is 0 Å². The largest absolute Gasteiger partial charge is 0.310 e. The molecule has 0 spiro atoms. The Hall–Kier alpha value is -0.520. The van der Waals surface area contributed by atoms with Gasteiger partial charge in [0, 0.05) is 25.0 Å². The monoisotopic (exact) mass is 240 g/mol. The minimum absolute atomic E-state index is 0.852. The number of hydrogen-bond acceptors (Lipinski definition) is 5. The fourth-order valence-corrected chi connectivity index (χ4v) is 2.53. The van der Waals surface area contributed by atoms with E-state index in [0.717, 1.165) is 25.3 Å². The Labute approximate surface area is 101 Å². The Balaban J connectivity index is 1.56. The summed E-state index contributed by atoms with van der Waals surface area (Å²) in [4.78, 5) is 2.57. The first-order valence-electron chi connectivity index (χ1n) is 6.14. The van der Waals surface area contributed by atoms with Gasteiger partial charge in [0.05, 0.1) is 5.69 Å². The molecule has 0 bridgehead atoms. The van der Waals surface area contributed by atoms with Crippen LogP contribution in [0.3, 0.4) is 0 Å². The van der Waals surface area contributed by atoms with Crippen molar-refractivity contribution in [3.05, 3.63) is 11.1 Å². The van der Waals surface area contributed by atoms with E-state index in [9.17, 15) is 0 Å². The highest BCUT2D eigenvalue weighted by Gasteiger charge is 2.07. The fraction of sp³-hybridized carbons (Fsp3) is 0.818. The second-order valence-corrected chi connectivity index (χ2v) is 4.94. The van der Waals surface area contributed by atoms with Gasteiger partial charge in [-0.15, -0.1) is 5.10 Å². The quantitative estimate of drug-likeness (QED) is 0.792. The first-order valence-corrected chi connectivity index (χ1v) is 6.98. The fourth-order valence-electron chi connectivity index (χ4n) is 2.07. The lowest BCUT2D eigenvalue weighted by atomic mass is 10.2. The van der Waals surface area contributed by atoms with Crippen molar-refractivity contribution in [2.24, 2.45) is 0 Å². The van der Waals surface area contributed by atoms with Gasteiger partial charge in [0.1, 0.15) is 0 Å². The molecular formula is C11H20N4S. The maximum Gasteiger partial charge on any atom is 0.0893 e. The second kappa shape index (κ2) is 6.93. The zero-order valence-electron chi connectivity index (χ0n) is 9.69. The second-order valence-electron chi connectivity index (χ2n) is 4.33. The van der Waals surface area contributed by atoms with Crippen LogP contribution >= 0.6 is 11.5 Å². The van der Waals surface area contributed by atoms with Gasteiger partial charge in [0.2, 0.25) is 0 Å². The van der Waals surface area contributed by atoms with E-state index >= 15 is 0 Å². The van der Waals surface area contributed by atoms with E-state index in [1.165, 1.54) is 50.3 Å². The number of nitrogens with one attached hydrogen (secondary N) is 1. The average molecular weight is 240 g/mol. The van der Waals surface area contributed by atoms with Crippen molar-refractivity contribution < 1.29 is 0 Å². The molecule has 90 valence electrons. The molecule has 2 rings (SSSR count). The zero-order valence-corrected chi connectivity index (χ0v) is 10.5. The van der Waals surface area contributed by atoms with Gasteiger partial charge in [-0.25, -0.2) is 0 Å². The third kappa shape index (κ3) is 4.15. The van der Waals surface area contributed by atoms with E-state index in [1.54, 1.807) is 0 Å². The van der Waals surface area contributed by atoms with Gasteiger partial charge in [-0.1, -0.05) is 17.3 Å². The van der Waals surface area contributed by atoms with Crippen LogP contribution < -0.4 is 5.32 Å². The Bertz CT molecular complexity index is 268. The standard InChI is InChI=1S/C11H20N4S/c1-2-4-7-15(6-3-1)8-5-12-9-11-10-16-14-13-11/h10,12H,1-9H2. The Morgan fingerprint density at radius 2 is 2.06 bits per heavy atom. The van der Waals surface area contributed by atoms with Crippen molar-refractivity contribution in [3.63, 3.8) is 0 Å². The summed E-state index contributed by atoms with van der Waals surface area (Å²) >= 11 is 1.42. The molecule has 2 heterocycles. The van der Waals surface area contributed by atoms with Crippen molar-refractivity contribution in [1.82, 2.24) is 19.8 Å². The number of aromatic nitrogens is 2. The number of rotatable bonds is 5. The Kier molecular flexibility index (Phi) is 5.18. The topological polar surface area (TPSA) is 41.1 Å². The third-order valence-electron chi connectivity index (χ3n) is 3.01. The lowest BCUT2D eigenvalue weighted by Gasteiger charge is -2.19. The van der Waals surface area contributed by atoms with Gasteiger partial charge in [-0.3, -0.25) is 0 Å². The summed E-state index contributed by atoms with van der Waals surface area (Å²) in [6.45, 7) is 5.62. The predicted molar refractivity (Wildman–Crippen MR) is 66.5 cm³/mol. The van der Waals surface area contributed by atoms with Crippen LogP contribution in [0, 0.1) is 0 Å². The molecule has 0 atom stereocenters. The summed E-state index contributed by atoms with van der Waals surface area (Å²) in [7, 11) is 0. The summed E-state index contributed by atoms with van der Waals surface area (Å²) in [5, 5.41) is 9.42. The van der Waals surface area contributed by atoms with E-state index in [4.69, 9.17) is 0 Å². The molecule has 5 heteroatoms. The Morgan fingerprint density at radius 1 is 1.25 bits per heavy atom. The van der Waals surface area contributed by atoms with Crippen molar-refractivity contribution in [1.29, 1.82) is 0 Å². The lowest BCUT2D eigenvalue weighted by Crippen LogP contribution is -2.32. The molecule has 1 aliphatic heterocycles. The van der Waals surface area contributed by atoms with Crippen molar-refractivity contribution in [2.45, 2.75) is 32.2 Å². The van der Waals surface area contributed by atoms with Gasteiger partial charge < -0.3 is 10.2 Å². The first kappa shape index (κ1) is 12.0. The number of likely N-dealkylation sites (tertiary alicyclic amines) is 1. The molecule has 4 nitrogen and oxygen atoms in total. The molecular weight excluding hydrogens is 220 g/mol. The Morgan fingerprint density at radius 3 is 2.75 bits per heavy atom. The van der Waals surface area contributed by atoms with Crippen LogP contribution in [0.25, 0.3) is 0 Å². The van der Waals surface area contributed by atoms with Crippen molar-refractivity contribution >= 4 is 11.5 Å². The highest BCUT2D eigenvalue weighted by atomic mass is 32.1. The highest BCUT2D eigenvalue weighted by Crippen LogP contribution is 2.08. The van der Waals surface area contributed by atoms with Gasteiger partial charge in [-0.05, 0) is 37.5 Å². The SMILES string of the molecule is c1snnc1CNCCN1CCCCCC1. The highest BCUT2D eigenvalue weighted by molar-refractivity contribution is 7.03. The summed E-state index contributed by atoms with van der Waals surface area (Å²) in [5.74, 6) is 0. The normalized spacial score (nSPS) is 18.5. The molecule has 1 saturated heterocycles. The molecule has 0 radical (unpaired) electrons. The van der Waals surface area contributed by atoms with Crippen LogP contribution in [-0.4, -0.2) is 40.7 Å². The number of hydrogen-bond donors (Lipinski definition) is 1. The van der Waals surface area contributed by atoms with E-state index < -0.39 is 0 Å².